The highest BCUT2D eigenvalue weighted by Gasteiger charge is 2.48. The minimum Gasteiger partial charge on any atom is -0.466 e. The fourth-order valence-electron chi connectivity index (χ4n) is 2.91. The van der Waals surface area contributed by atoms with Gasteiger partial charge in [0, 0.05) is 0 Å². The van der Waals surface area contributed by atoms with E-state index in [9.17, 15) is 5.11 Å². The van der Waals surface area contributed by atoms with Gasteiger partial charge in [-0.15, -0.1) is 0 Å². The molecule has 2 aromatic carbocycles. The summed E-state index contributed by atoms with van der Waals surface area (Å²) in [6.45, 7) is 0. The second-order valence-corrected chi connectivity index (χ2v) is 5.41. The Morgan fingerprint density at radius 2 is 1.57 bits per heavy atom. The summed E-state index contributed by atoms with van der Waals surface area (Å²) < 4.78 is 11.5. The average molecular weight is 280 g/mol. The molecule has 2 aliphatic heterocycles. The normalized spacial score (nSPS) is 28.0. The van der Waals surface area contributed by atoms with Crippen LogP contribution < -0.4 is 0 Å². The largest absolute Gasteiger partial charge is 0.466 e. The van der Waals surface area contributed by atoms with Crippen molar-refractivity contribution in [1.82, 2.24) is 0 Å². The van der Waals surface area contributed by atoms with E-state index in [1.807, 2.05) is 54.6 Å². The van der Waals surface area contributed by atoms with Crippen molar-refractivity contribution in [2.24, 2.45) is 5.92 Å². The van der Waals surface area contributed by atoms with Gasteiger partial charge in [0.2, 0.25) is 6.29 Å². The van der Waals surface area contributed by atoms with Crippen molar-refractivity contribution in [1.29, 1.82) is 0 Å². The standard InChI is InChI=1S/C18H16O3/c19-16(12-7-3-1-4-8-12)15-11-14-17(21-18(14)20-15)13-9-5-2-6-10-13/h1-11,14,16-19H/t14-,16?,17-,18+/m1/s1. The van der Waals surface area contributed by atoms with Gasteiger partial charge in [-0.1, -0.05) is 60.7 Å². The number of aliphatic hydroxyl groups excluding tert-OH is 1. The molecule has 2 heterocycles. The monoisotopic (exact) mass is 280 g/mol. The molecule has 2 aliphatic rings. The van der Waals surface area contributed by atoms with Gasteiger partial charge >= 0.3 is 0 Å². The van der Waals surface area contributed by atoms with E-state index >= 15 is 0 Å². The first-order valence-corrected chi connectivity index (χ1v) is 7.15. The molecule has 3 nitrogen and oxygen atoms in total. The molecule has 106 valence electrons. The van der Waals surface area contributed by atoms with Gasteiger partial charge in [-0.2, -0.15) is 0 Å². The van der Waals surface area contributed by atoms with Gasteiger partial charge < -0.3 is 14.6 Å². The minimum absolute atomic E-state index is 0.0247. The first kappa shape index (κ1) is 12.6. The van der Waals surface area contributed by atoms with Crippen molar-refractivity contribution < 1.29 is 14.6 Å². The van der Waals surface area contributed by atoms with Crippen LogP contribution in [0, 0.1) is 5.92 Å². The fraction of sp³-hybridized carbons (Fsp3) is 0.222. The van der Waals surface area contributed by atoms with Gasteiger partial charge in [0.15, 0.2) is 0 Å². The van der Waals surface area contributed by atoms with E-state index in [0.29, 0.717) is 5.76 Å². The smallest absolute Gasteiger partial charge is 0.209 e. The Morgan fingerprint density at radius 3 is 2.29 bits per heavy atom. The highest BCUT2D eigenvalue weighted by atomic mass is 16.7. The summed E-state index contributed by atoms with van der Waals surface area (Å²) in [5.41, 5.74) is 1.98. The SMILES string of the molecule is OC(C1=C[C@H]2[C@@H](O1)O[C@@H]2c1ccccc1)c1ccccc1. The van der Waals surface area contributed by atoms with Crippen LogP contribution >= 0.6 is 0 Å². The maximum absolute atomic E-state index is 10.4. The lowest BCUT2D eigenvalue weighted by Gasteiger charge is -2.38. The van der Waals surface area contributed by atoms with Crippen LogP contribution in [0.1, 0.15) is 23.3 Å². The molecule has 0 aromatic heterocycles. The molecule has 1 N–H and O–H groups in total. The number of aliphatic hydroxyl groups is 1. The predicted octanol–water partition coefficient (Wildman–Crippen LogP) is 3.35. The first-order chi connectivity index (χ1) is 10.3. The summed E-state index contributed by atoms with van der Waals surface area (Å²) in [4.78, 5) is 0. The number of benzene rings is 2. The van der Waals surface area contributed by atoms with Crippen molar-refractivity contribution in [3.8, 4) is 0 Å². The van der Waals surface area contributed by atoms with Crippen LogP contribution in [0.15, 0.2) is 72.5 Å². The van der Waals surface area contributed by atoms with Crippen molar-refractivity contribution >= 4 is 0 Å². The van der Waals surface area contributed by atoms with Crippen molar-refractivity contribution in [3.05, 3.63) is 83.6 Å². The molecular formula is C18H16O3. The molecule has 0 aliphatic carbocycles. The van der Waals surface area contributed by atoms with Crippen molar-refractivity contribution in [2.75, 3.05) is 0 Å². The van der Waals surface area contributed by atoms with Gasteiger partial charge in [0.1, 0.15) is 11.9 Å². The van der Waals surface area contributed by atoms with E-state index in [-0.39, 0.29) is 18.3 Å². The maximum Gasteiger partial charge on any atom is 0.209 e. The summed E-state index contributed by atoms with van der Waals surface area (Å²) in [5, 5.41) is 10.4. The van der Waals surface area contributed by atoms with Crippen LogP contribution in [0.25, 0.3) is 0 Å². The highest BCUT2D eigenvalue weighted by molar-refractivity contribution is 5.29. The van der Waals surface area contributed by atoms with E-state index in [2.05, 4.69) is 12.1 Å². The van der Waals surface area contributed by atoms with E-state index in [1.165, 1.54) is 0 Å². The predicted molar refractivity (Wildman–Crippen MR) is 78.1 cm³/mol. The van der Waals surface area contributed by atoms with Gasteiger partial charge in [0.05, 0.1) is 12.0 Å². The fourth-order valence-corrected chi connectivity index (χ4v) is 2.91. The summed E-state index contributed by atoms with van der Waals surface area (Å²) in [7, 11) is 0. The third kappa shape index (κ3) is 2.15. The van der Waals surface area contributed by atoms with Crippen LogP contribution in [-0.2, 0) is 9.47 Å². The summed E-state index contributed by atoms with van der Waals surface area (Å²) in [6.07, 6.45) is 1.04. The quantitative estimate of drug-likeness (QED) is 0.937. The summed E-state index contributed by atoms with van der Waals surface area (Å²) in [6, 6.07) is 19.6. The number of hydrogen-bond acceptors (Lipinski definition) is 3. The molecule has 4 atom stereocenters. The second-order valence-electron chi connectivity index (χ2n) is 5.41. The zero-order chi connectivity index (χ0) is 14.2. The number of ether oxygens (including phenoxy) is 2. The van der Waals surface area contributed by atoms with E-state index in [4.69, 9.17) is 9.47 Å². The third-order valence-electron chi connectivity index (χ3n) is 4.07. The third-order valence-corrected chi connectivity index (χ3v) is 4.07. The lowest BCUT2D eigenvalue weighted by Crippen LogP contribution is -2.39. The number of hydrogen-bond donors (Lipinski definition) is 1. The highest BCUT2D eigenvalue weighted by Crippen LogP contribution is 2.49. The topological polar surface area (TPSA) is 38.7 Å². The van der Waals surface area contributed by atoms with Gasteiger partial charge in [-0.25, -0.2) is 0 Å². The Morgan fingerprint density at radius 1 is 0.905 bits per heavy atom. The van der Waals surface area contributed by atoms with E-state index < -0.39 is 6.10 Å². The van der Waals surface area contributed by atoms with Gasteiger partial charge in [-0.3, -0.25) is 0 Å². The zero-order valence-electron chi connectivity index (χ0n) is 11.4. The number of rotatable bonds is 3. The molecule has 1 fully saturated rings. The molecule has 0 spiro atoms. The molecule has 3 heteroatoms. The molecule has 1 unspecified atom stereocenters. The van der Waals surface area contributed by atoms with Crippen LogP contribution in [0.3, 0.4) is 0 Å². The Balaban J connectivity index is 1.54. The first-order valence-electron chi connectivity index (χ1n) is 7.15. The Kier molecular flexibility index (Phi) is 3.02. The molecule has 21 heavy (non-hydrogen) atoms. The van der Waals surface area contributed by atoms with E-state index in [0.717, 1.165) is 11.1 Å². The molecule has 2 aromatic rings. The Bertz CT molecular complexity index is 651. The minimum atomic E-state index is -0.725. The molecule has 0 radical (unpaired) electrons. The summed E-state index contributed by atoms with van der Waals surface area (Å²) in [5.74, 6) is 0.774. The lowest BCUT2D eigenvalue weighted by molar-refractivity contribution is -0.264. The van der Waals surface area contributed by atoms with Crippen molar-refractivity contribution in [2.45, 2.75) is 18.5 Å². The molecule has 0 amide bonds. The van der Waals surface area contributed by atoms with Crippen LogP contribution in [0.4, 0.5) is 0 Å². The Labute approximate surface area is 123 Å². The lowest BCUT2D eigenvalue weighted by atomic mass is 9.90. The second kappa shape index (κ2) is 5.02. The summed E-state index contributed by atoms with van der Waals surface area (Å²) >= 11 is 0. The van der Waals surface area contributed by atoms with Crippen LogP contribution in [0.5, 0.6) is 0 Å². The van der Waals surface area contributed by atoms with Crippen molar-refractivity contribution in [3.63, 3.8) is 0 Å². The Hall–Kier alpha value is -2.10. The van der Waals surface area contributed by atoms with Crippen LogP contribution in [0.2, 0.25) is 0 Å². The molecule has 0 bridgehead atoms. The van der Waals surface area contributed by atoms with Crippen LogP contribution in [-0.4, -0.2) is 11.4 Å². The molecule has 0 saturated carbocycles. The maximum atomic E-state index is 10.4. The zero-order valence-corrected chi connectivity index (χ0v) is 11.4. The van der Waals surface area contributed by atoms with Gasteiger partial charge in [0.25, 0.3) is 0 Å². The average Bonchev–Trinajstić information content (AvgIpc) is 2.86. The van der Waals surface area contributed by atoms with E-state index in [1.54, 1.807) is 0 Å². The molecule has 4 rings (SSSR count). The molecule has 1 saturated heterocycles. The molecular weight excluding hydrogens is 264 g/mol. The van der Waals surface area contributed by atoms with Gasteiger partial charge in [-0.05, 0) is 17.2 Å². The number of fused-ring (bicyclic) bond motifs is 1.